The molecule has 6 heteroatoms. The molecule has 0 radical (unpaired) electrons. The highest BCUT2D eigenvalue weighted by Gasteiger charge is 2.17. The second-order valence-corrected chi connectivity index (χ2v) is 6.31. The van der Waals surface area contributed by atoms with Gasteiger partial charge in [0.2, 0.25) is 0 Å². The maximum Gasteiger partial charge on any atom is 0.293 e. The van der Waals surface area contributed by atoms with Gasteiger partial charge in [-0.15, -0.1) is 0 Å². The molecule has 0 unspecified atom stereocenters. The van der Waals surface area contributed by atoms with Crippen LogP contribution >= 0.6 is 0 Å². The molecule has 1 N–H and O–H groups in total. The minimum absolute atomic E-state index is 0.133. The predicted octanol–water partition coefficient (Wildman–Crippen LogP) is 4.35. The van der Waals surface area contributed by atoms with Gasteiger partial charge in [0.05, 0.1) is 4.92 Å². The van der Waals surface area contributed by atoms with Crippen LogP contribution in [-0.2, 0) is 4.79 Å². The minimum Gasteiger partial charge on any atom is -0.483 e. The lowest BCUT2D eigenvalue weighted by Crippen LogP contribution is -2.21. The predicted molar refractivity (Wildman–Crippen MR) is 97.2 cm³/mol. The Morgan fingerprint density at radius 2 is 1.80 bits per heavy atom. The Balaban J connectivity index is 2.10. The smallest absolute Gasteiger partial charge is 0.293 e. The lowest BCUT2D eigenvalue weighted by molar-refractivity contribution is -0.384. The number of ether oxygens (including phenoxy) is 1. The highest BCUT2D eigenvalue weighted by molar-refractivity contribution is 5.94. The Morgan fingerprint density at radius 3 is 2.44 bits per heavy atom. The summed E-state index contributed by atoms with van der Waals surface area (Å²) in [5, 5.41) is 13.7. The maximum atomic E-state index is 12.2. The molecule has 0 aliphatic rings. The van der Waals surface area contributed by atoms with Gasteiger partial charge in [-0.3, -0.25) is 14.9 Å². The van der Waals surface area contributed by atoms with Crippen molar-refractivity contribution in [2.75, 3.05) is 11.9 Å². The fourth-order valence-corrected chi connectivity index (χ4v) is 2.47. The van der Waals surface area contributed by atoms with E-state index in [9.17, 15) is 14.9 Å². The van der Waals surface area contributed by atoms with Crippen LogP contribution in [0.2, 0.25) is 0 Å². The zero-order chi connectivity index (χ0) is 18.6. The van der Waals surface area contributed by atoms with Gasteiger partial charge in [0, 0.05) is 6.07 Å². The molecule has 0 aliphatic heterocycles. The molecule has 0 saturated carbocycles. The van der Waals surface area contributed by atoms with Crippen LogP contribution in [0.25, 0.3) is 0 Å². The molecule has 132 valence electrons. The molecular weight excluding hydrogens is 320 g/mol. The lowest BCUT2D eigenvalue weighted by atomic mass is 10.0. The van der Waals surface area contributed by atoms with E-state index in [0.29, 0.717) is 5.75 Å². The number of rotatable bonds is 6. The molecule has 2 aromatic rings. The highest BCUT2D eigenvalue weighted by atomic mass is 16.6. The molecule has 0 atom stereocenters. The van der Waals surface area contributed by atoms with Crippen molar-refractivity contribution in [2.24, 2.45) is 0 Å². The van der Waals surface area contributed by atoms with E-state index in [-0.39, 0.29) is 23.9 Å². The van der Waals surface area contributed by atoms with Crippen molar-refractivity contribution >= 4 is 17.3 Å². The molecule has 0 fully saturated rings. The quantitative estimate of drug-likeness (QED) is 0.625. The normalized spacial score (nSPS) is 10.6. The topological polar surface area (TPSA) is 81.5 Å². The van der Waals surface area contributed by atoms with Gasteiger partial charge in [0.1, 0.15) is 11.4 Å². The average Bonchev–Trinajstić information content (AvgIpc) is 2.54. The number of anilines is 1. The molecule has 0 heterocycles. The zero-order valence-corrected chi connectivity index (χ0v) is 14.8. The molecule has 2 rings (SSSR count). The monoisotopic (exact) mass is 342 g/mol. The van der Waals surface area contributed by atoms with Crippen LogP contribution in [0.15, 0.2) is 36.4 Å². The number of amides is 1. The molecule has 0 bridgehead atoms. The first-order chi connectivity index (χ1) is 11.8. The first kappa shape index (κ1) is 18.4. The summed E-state index contributed by atoms with van der Waals surface area (Å²) < 4.78 is 5.66. The van der Waals surface area contributed by atoms with Gasteiger partial charge in [-0.2, -0.15) is 0 Å². The highest BCUT2D eigenvalue weighted by Crippen LogP contribution is 2.28. The Hall–Kier alpha value is -2.89. The van der Waals surface area contributed by atoms with E-state index < -0.39 is 10.8 Å². The Bertz CT molecular complexity index is 800. The van der Waals surface area contributed by atoms with Gasteiger partial charge >= 0.3 is 0 Å². The SMILES string of the molecule is Cc1ccc(C(C)C)c(OCC(=O)Nc2ccc(C)cc2[N+](=O)[O-])c1. The third kappa shape index (κ3) is 4.79. The van der Waals surface area contributed by atoms with Crippen LogP contribution in [-0.4, -0.2) is 17.4 Å². The van der Waals surface area contributed by atoms with Crippen molar-refractivity contribution in [3.05, 3.63) is 63.2 Å². The largest absolute Gasteiger partial charge is 0.483 e. The number of aryl methyl sites for hydroxylation is 2. The summed E-state index contributed by atoms with van der Waals surface area (Å²) in [4.78, 5) is 22.8. The number of carbonyl (C=O) groups is 1. The zero-order valence-electron chi connectivity index (χ0n) is 14.8. The third-order valence-corrected chi connectivity index (χ3v) is 3.77. The van der Waals surface area contributed by atoms with Gasteiger partial charge in [0.25, 0.3) is 11.6 Å². The van der Waals surface area contributed by atoms with E-state index >= 15 is 0 Å². The molecule has 0 aromatic heterocycles. The first-order valence-corrected chi connectivity index (χ1v) is 8.06. The second-order valence-electron chi connectivity index (χ2n) is 6.31. The minimum atomic E-state index is -0.513. The number of benzene rings is 2. The molecule has 0 aliphatic carbocycles. The molecular formula is C19H22N2O4. The fourth-order valence-electron chi connectivity index (χ4n) is 2.47. The molecule has 6 nitrogen and oxygen atoms in total. The van der Waals surface area contributed by atoms with Gasteiger partial charge in [-0.1, -0.05) is 32.0 Å². The summed E-state index contributed by atoms with van der Waals surface area (Å²) in [6.45, 7) is 7.59. The van der Waals surface area contributed by atoms with Crippen molar-refractivity contribution in [2.45, 2.75) is 33.6 Å². The first-order valence-electron chi connectivity index (χ1n) is 8.06. The number of carbonyl (C=O) groups excluding carboxylic acids is 1. The van der Waals surface area contributed by atoms with Gasteiger partial charge in [-0.25, -0.2) is 0 Å². The fraction of sp³-hybridized carbons (Fsp3) is 0.316. The number of nitrogens with one attached hydrogen (secondary N) is 1. The lowest BCUT2D eigenvalue weighted by Gasteiger charge is -2.15. The van der Waals surface area contributed by atoms with Crippen LogP contribution in [0, 0.1) is 24.0 Å². The summed E-state index contributed by atoms with van der Waals surface area (Å²) in [7, 11) is 0. The van der Waals surface area contributed by atoms with Gasteiger partial charge in [0.15, 0.2) is 6.61 Å². The standard InChI is InChI=1S/C19H22N2O4/c1-12(2)15-7-5-14(4)10-18(15)25-11-19(22)20-16-8-6-13(3)9-17(16)21(23)24/h5-10,12H,11H2,1-4H3,(H,20,22). The Labute approximate surface area is 147 Å². The molecule has 0 saturated heterocycles. The van der Waals surface area contributed by atoms with Gasteiger partial charge in [-0.05, 0) is 48.6 Å². The molecule has 1 amide bonds. The molecule has 2 aromatic carbocycles. The summed E-state index contributed by atoms with van der Waals surface area (Å²) in [6, 6.07) is 10.5. The number of nitrogens with zero attached hydrogens (tertiary/aromatic N) is 1. The number of nitro benzene ring substituents is 1. The molecule has 25 heavy (non-hydrogen) atoms. The number of hydrogen-bond acceptors (Lipinski definition) is 4. The van der Waals surface area contributed by atoms with E-state index in [1.165, 1.54) is 12.1 Å². The van der Waals surface area contributed by atoms with Crippen LogP contribution in [0.1, 0.15) is 36.5 Å². The van der Waals surface area contributed by atoms with E-state index in [4.69, 9.17) is 4.74 Å². The summed E-state index contributed by atoms with van der Waals surface area (Å²) in [5.74, 6) is 0.476. The van der Waals surface area contributed by atoms with E-state index in [0.717, 1.165) is 16.7 Å². The molecule has 0 spiro atoms. The summed E-state index contributed by atoms with van der Waals surface area (Å²) >= 11 is 0. The maximum absolute atomic E-state index is 12.2. The van der Waals surface area contributed by atoms with Crippen LogP contribution < -0.4 is 10.1 Å². The Morgan fingerprint density at radius 1 is 1.16 bits per heavy atom. The summed E-state index contributed by atoms with van der Waals surface area (Å²) in [6.07, 6.45) is 0. The van der Waals surface area contributed by atoms with Crippen molar-refractivity contribution in [1.82, 2.24) is 0 Å². The average molecular weight is 342 g/mol. The summed E-state index contributed by atoms with van der Waals surface area (Å²) in [5.41, 5.74) is 2.83. The van der Waals surface area contributed by atoms with Crippen LogP contribution in [0.5, 0.6) is 5.75 Å². The van der Waals surface area contributed by atoms with Crippen LogP contribution in [0.4, 0.5) is 11.4 Å². The van der Waals surface area contributed by atoms with Crippen molar-refractivity contribution in [1.29, 1.82) is 0 Å². The number of hydrogen-bond donors (Lipinski definition) is 1. The van der Waals surface area contributed by atoms with Crippen molar-refractivity contribution in [3.63, 3.8) is 0 Å². The van der Waals surface area contributed by atoms with E-state index in [1.54, 1.807) is 13.0 Å². The van der Waals surface area contributed by atoms with Gasteiger partial charge < -0.3 is 10.1 Å². The van der Waals surface area contributed by atoms with Crippen molar-refractivity contribution < 1.29 is 14.5 Å². The second kappa shape index (κ2) is 7.79. The van der Waals surface area contributed by atoms with E-state index in [1.807, 2.05) is 39.0 Å². The number of nitro groups is 1. The van der Waals surface area contributed by atoms with Crippen molar-refractivity contribution in [3.8, 4) is 5.75 Å². The third-order valence-electron chi connectivity index (χ3n) is 3.77. The Kier molecular flexibility index (Phi) is 5.75. The van der Waals surface area contributed by atoms with E-state index in [2.05, 4.69) is 5.32 Å². The van der Waals surface area contributed by atoms with Crippen LogP contribution in [0.3, 0.4) is 0 Å².